The van der Waals surface area contributed by atoms with Crippen molar-refractivity contribution in [2.45, 2.75) is 31.2 Å². The van der Waals surface area contributed by atoms with Crippen LogP contribution in [0.2, 0.25) is 5.02 Å². The fourth-order valence-corrected chi connectivity index (χ4v) is 4.38. The number of aliphatic hydroxyl groups excluding tert-OH is 1. The van der Waals surface area contributed by atoms with Crippen LogP contribution in [0.5, 0.6) is 0 Å². The molecule has 1 aromatic heterocycles. The van der Waals surface area contributed by atoms with E-state index in [-0.39, 0.29) is 29.8 Å². The van der Waals surface area contributed by atoms with E-state index in [2.05, 4.69) is 15.6 Å². The second-order valence-corrected chi connectivity index (χ2v) is 8.68. The van der Waals surface area contributed by atoms with Crippen LogP contribution in [-0.2, 0) is 12.6 Å². The van der Waals surface area contributed by atoms with Gasteiger partial charge in [-0.25, -0.2) is 9.78 Å². The van der Waals surface area contributed by atoms with Gasteiger partial charge in [-0.15, -0.1) is 0 Å². The van der Waals surface area contributed by atoms with Crippen molar-refractivity contribution in [3.8, 4) is 0 Å². The van der Waals surface area contributed by atoms with Gasteiger partial charge in [-0.05, 0) is 42.2 Å². The van der Waals surface area contributed by atoms with Gasteiger partial charge >= 0.3 is 12.2 Å². The van der Waals surface area contributed by atoms with Gasteiger partial charge in [0.15, 0.2) is 0 Å². The lowest BCUT2D eigenvalue weighted by molar-refractivity contribution is -0.137. The number of hydrogen-bond acceptors (Lipinski definition) is 4. The maximum absolute atomic E-state index is 13.1. The Kier molecular flexibility index (Phi) is 7.47. The number of fused-ring (bicyclic) bond motifs is 1. The van der Waals surface area contributed by atoms with E-state index in [0.717, 1.165) is 17.2 Å². The van der Waals surface area contributed by atoms with E-state index in [1.165, 1.54) is 0 Å². The highest BCUT2D eigenvalue weighted by Crippen LogP contribution is 2.35. The van der Waals surface area contributed by atoms with Gasteiger partial charge in [0.05, 0.1) is 22.7 Å². The SMILES string of the molecule is O=C(Nc1ccccc1)N1CCc2ccccc2[C@@H]1C[C@H](O)CNc1ncc(C(F)(F)F)cc1Cl. The molecular weight excluding hydrogens is 481 g/mol. The summed E-state index contributed by atoms with van der Waals surface area (Å²) in [4.78, 5) is 18.5. The maximum atomic E-state index is 13.1. The molecule has 2 heterocycles. The summed E-state index contributed by atoms with van der Waals surface area (Å²) < 4.78 is 38.5. The highest BCUT2D eigenvalue weighted by molar-refractivity contribution is 6.32. The van der Waals surface area contributed by atoms with Crippen molar-refractivity contribution in [3.05, 3.63) is 88.6 Å². The summed E-state index contributed by atoms with van der Waals surface area (Å²) >= 11 is 5.95. The molecule has 0 saturated carbocycles. The highest BCUT2D eigenvalue weighted by atomic mass is 35.5. The molecule has 2 aromatic carbocycles. The van der Waals surface area contributed by atoms with Crippen LogP contribution in [0.15, 0.2) is 66.9 Å². The third-order valence-electron chi connectivity index (χ3n) is 5.87. The van der Waals surface area contributed by atoms with Crippen LogP contribution in [0.4, 0.5) is 29.5 Å². The van der Waals surface area contributed by atoms with Gasteiger partial charge in [0.1, 0.15) is 5.82 Å². The third kappa shape index (κ3) is 6.04. The maximum Gasteiger partial charge on any atom is 0.417 e. The van der Waals surface area contributed by atoms with E-state index in [1.54, 1.807) is 17.0 Å². The lowest BCUT2D eigenvalue weighted by Crippen LogP contribution is -2.44. The molecule has 3 N–H and O–H groups in total. The number of nitrogens with zero attached hydrogens (tertiary/aromatic N) is 2. The van der Waals surface area contributed by atoms with Crippen LogP contribution >= 0.6 is 11.6 Å². The zero-order valence-corrected chi connectivity index (χ0v) is 19.4. The summed E-state index contributed by atoms with van der Waals surface area (Å²) in [5.74, 6) is 0.0430. The number of urea groups is 1. The van der Waals surface area contributed by atoms with E-state index in [0.29, 0.717) is 24.8 Å². The Hall–Kier alpha value is -3.30. The number of alkyl halides is 3. The van der Waals surface area contributed by atoms with Gasteiger partial charge in [0.25, 0.3) is 0 Å². The van der Waals surface area contributed by atoms with E-state index < -0.39 is 23.9 Å². The molecule has 0 aliphatic carbocycles. The van der Waals surface area contributed by atoms with E-state index >= 15 is 0 Å². The second-order valence-electron chi connectivity index (χ2n) is 8.28. The molecule has 3 aromatic rings. The number of amides is 2. The van der Waals surface area contributed by atoms with Gasteiger partial charge in [-0.2, -0.15) is 13.2 Å². The summed E-state index contributed by atoms with van der Waals surface area (Å²) in [5, 5.41) is 16.3. The van der Waals surface area contributed by atoms with Crippen molar-refractivity contribution in [1.29, 1.82) is 0 Å². The van der Waals surface area contributed by atoms with Crippen molar-refractivity contribution in [1.82, 2.24) is 9.88 Å². The number of pyridine rings is 1. The van der Waals surface area contributed by atoms with Gasteiger partial charge < -0.3 is 20.6 Å². The molecule has 35 heavy (non-hydrogen) atoms. The molecule has 0 fully saturated rings. The topological polar surface area (TPSA) is 77.5 Å². The molecule has 6 nitrogen and oxygen atoms in total. The smallest absolute Gasteiger partial charge is 0.391 e. The first-order chi connectivity index (χ1) is 16.7. The third-order valence-corrected chi connectivity index (χ3v) is 6.16. The minimum atomic E-state index is -4.55. The van der Waals surface area contributed by atoms with Crippen LogP contribution in [0.25, 0.3) is 0 Å². The van der Waals surface area contributed by atoms with Crippen LogP contribution in [0.3, 0.4) is 0 Å². The molecule has 2 amide bonds. The Balaban J connectivity index is 1.47. The number of halogens is 4. The average Bonchev–Trinajstić information content (AvgIpc) is 2.83. The first-order valence-corrected chi connectivity index (χ1v) is 11.5. The fourth-order valence-electron chi connectivity index (χ4n) is 4.14. The van der Waals surface area contributed by atoms with E-state index in [9.17, 15) is 23.1 Å². The molecule has 0 bridgehead atoms. The molecule has 2 atom stereocenters. The Morgan fingerprint density at radius 1 is 1.17 bits per heavy atom. The number of aromatic nitrogens is 1. The number of carbonyl (C=O) groups excluding carboxylic acids is 1. The number of para-hydroxylation sites is 1. The Bertz CT molecular complexity index is 1180. The Morgan fingerprint density at radius 3 is 2.60 bits per heavy atom. The molecule has 0 spiro atoms. The van der Waals surface area contributed by atoms with Crippen LogP contribution in [-0.4, -0.2) is 40.2 Å². The lowest BCUT2D eigenvalue weighted by atomic mass is 9.89. The normalized spacial score (nSPS) is 16.4. The zero-order chi connectivity index (χ0) is 25.0. The number of nitrogens with one attached hydrogen (secondary N) is 2. The molecule has 1 aliphatic heterocycles. The number of carbonyl (C=O) groups is 1. The van der Waals surface area contributed by atoms with Crippen molar-refractivity contribution >= 4 is 29.1 Å². The van der Waals surface area contributed by atoms with Crippen molar-refractivity contribution in [2.75, 3.05) is 23.7 Å². The first kappa shape index (κ1) is 24.8. The van der Waals surface area contributed by atoms with Gasteiger partial charge in [0.2, 0.25) is 0 Å². The second kappa shape index (κ2) is 10.5. The van der Waals surface area contributed by atoms with Gasteiger partial charge in [0, 0.05) is 25.0 Å². The monoisotopic (exact) mass is 504 g/mol. The number of hydrogen-bond donors (Lipinski definition) is 3. The summed E-state index contributed by atoms with van der Waals surface area (Å²) in [6.07, 6.45) is -3.89. The van der Waals surface area contributed by atoms with Crippen molar-refractivity contribution in [3.63, 3.8) is 0 Å². The minimum Gasteiger partial charge on any atom is -0.391 e. The van der Waals surface area contributed by atoms with Crippen LogP contribution in [0, 0.1) is 0 Å². The number of rotatable bonds is 6. The summed E-state index contributed by atoms with van der Waals surface area (Å²) in [5.41, 5.74) is 1.77. The summed E-state index contributed by atoms with van der Waals surface area (Å²) in [6.45, 7) is 0.470. The van der Waals surface area contributed by atoms with Gasteiger partial charge in [-0.1, -0.05) is 54.1 Å². The quantitative estimate of drug-likeness (QED) is 0.399. The molecule has 0 saturated heterocycles. The molecular formula is C25H24ClF3N4O2. The van der Waals surface area contributed by atoms with Crippen molar-refractivity contribution < 1.29 is 23.1 Å². The highest BCUT2D eigenvalue weighted by Gasteiger charge is 2.33. The van der Waals surface area contributed by atoms with E-state index in [4.69, 9.17) is 11.6 Å². The van der Waals surface area contributed by atoms with Gasteiger partial charge in [-0.3, -0.25) is 0 Å². The number of anilines is 2. The van der Waals surface area contributed by atoms with Crippen LogP contribution < -0.4 is 10.6 Å². The predicted molar refractivity (Wildman–Crippen MR) is 128 cm³/mol. The summed E-state index contributed by atoms with van der Waals surface area (Å²) in [6, 6.07) is 17.0. The minimum absolute atomic E-state index is 0.00903. The largest absolute Gasteiger partial charge is 0.417 e. The Labute approximate surface area is 205 Å². The first-order valence-electron chi connectivity index (χ1n) is 11.1. The van der Waals surface area contributed by atoms with Crippen LogP contribution in [0.1, 0.15) is 29.2 Å². The standard InChI is InChI=1S/C25H24ClF3N4O2/c26-21-12-17(25(27,28)29)14-30-23(21)31-15-19(34)13-22-20-9-5-4-6-16(20)10-11-33(22)24(35)32-18-7-2-1-3-8-18/h1-9,12,14,19,22,34H,10-11,13,15H2,(H,30,31)(H,32,35)/t19-,22-/m0/s1. The average molecular weight is 505 g/mol. The molecule has 0 unspecified atom stereocenters. The molecule has 10 heteroatoms. The zero-order valence-electron chi connectivity index (χ0n) is 18.6. The summed E-state index contributed by atoms with van der Waals surface area (Å²) in [7, 11) is 0. The molecule has 184 valence electrons. The number of aliphatic hydroxyl groups is 1. The molecule has 0 radical (unpaired) electrons. The fraction of sp³-hybridized carbons (Fsp3) is 0.280. The van der Waals surface area contributed by atoms with Crippen molar-refractivity contribution in [2.24, 2.45) is 0 Å². The lowest BCUT2D eigenvalue weighted by Gasteiger charge is -2.38. The molecule has 1 aliphatic rings. The predicted octanol–water partition coefficient (Wildman–Crippen LogP) is 5.75. The van der Waals surface area contributed by atoms with E-state index in [1.807, 2.05) is 42.5 Å². The molecule has 4 rings (SSSR count). The number of benzene rings is 2. The Morgan fingerprint density at radius 2 is 1.89 bits per heavy atom.